The molecule has 0 bridgehead atoms. The van der Waals surface area contributed by atoms with E-state index in [0.29, 0.717) is 21.3 Å². The van der Waals surface area contributed by atoms with Crippen LogP contribution in [0.15, 0.2) is 82.9 Å². The van der Waals surface area contributed by atoms with Crippen LogP contribution in [0.5, 0.6) is 5.75 Å². The molecule has 0 spiro atoms. The Bertz CT molecular complexity index is 1120. The van der Waals surface area contributed by atoms with E-state index in [1.54, 1.807) is 30.7 Å². The van der Waals surface area contributed by atoms with E-state index in [2.05, 4.69) is 36.1 Å². The van der Waals surface area contributed by atoms with Crippen molar-refractivity contribution in [1.82, 2.24) is 24.7 Å². The van der Waals surface area contributed by atoms with Crippen molar-refractivity contribution in [1.29, 1.82) is 0 Å². The number of halogens is 1. The van der Waals surface area contributed by atoms with Crippen LogP contribution in [0.2, 0.25) is 0 Å². The highest BCUT2D eigenvalue weighted by molar-refractivity contribution is 9.10. The fourth-order valence-corrected chi connectivity index (χ4v) is 3.63. The monoisotopic (exact) mass is 467 g/mol. The topological polar surface area (TPSA) is 82.8 Å². The van der Waals surface area contributed by atoms with E-state index >= 15 is 0 Å². The molecule has 0 unspecified atom stereocenters. The van der Waals surface area contributed by atoms with Gasteiger partial charge >= 0.3 is 5.97 Å². The van der Waals surface area contributed by atoms with Crippen LogP contribution in [0, 0.1) is 0 Å². The summed E-state index contributed by atoms with van der Waals surface area (Å²) in [7, 11) is 0. The second-order valence-corrected chi connectivity index (χ2v) is 7.47. The van der Waals surface area contributed by atoms with Gasteiger partial charge in [-0.25, -0.2) is 4.98 Å². The number of aromatic nitrogens is 5. The van der Waals surface area contributed by atoms with Gasteiger partial charge in [-0.1, -0.05) is 30.0 Å². The number of esters is 1. The minimum atomic E-state index is -0.408. The van der Waals surface area contributed by atoms with E-state index in [-0.39, 0.29) is 5.75 Å². The highest BCUT2D eigenvalue weighted by Crippen LogP contribution is 2.28. The molecule has 0 atom stereocenters. The number of rotatable bonds is 6. The molecule has 7 nitrogen and oxygen atoms in total. The number of benzene rings is 1. The van der Waals surface area contributed by atoms with Crippen LogP contribution in [-0.4, -0.2) is 36.5 Å². The molecule has 0 aliphatic carbocycles. The zero-order valence-corrected chi connectivity index (χ0v) is 17.4. The lowest BCUT2D eigenvalue weighted by Crippen LogP contribution is -2.12. The summed E-state index contributed by atoms with van der Waals surface area (Å²) in [6, 6.07) is 16.9. The summed E-state index contributed by atoms with van der Waals surface area (Å²) in [6.45, 7) is 0. The summed E-state index contributed by atoms with van der Waals surface area (Å²) >= 11 is 4.51. The predicted molar refractivity (Wildman–Crippen MR) is 113 cm³/mol. The molecule has 0 aliphatic rings. The van der Waals surface area contributed by atoms with Crippen LogP contribution in [0.4, 0.5) is 0 Å². The van der Waals surface area contributed by atoms with Gasteiger partial charge in [-0.2, -0.15) is 0 Å². The molecule has 1 aromatic carbocycles. The molecular formula is C20H14BrN5O2S. The lowest BCUT2D eigenvalue weighted by molar-refractivity contribution is -0.131. The zero-order chi connectivity index (χ0) is 20.1. The normalized spacial score (nSPS) is 10.7. The number of pyridine rings is 2. The van der Waals surface area contributed by atoms with Crippen LogP contribution in [0.3, 0.4) is 0 Å². The van der Waals surface area contributed by atoms with Gasteiger partial charge in [0.25, 0.3) is 0 Å². The smallest absolute Gasteiger partial charge is 0.321 e. The molecule has 0 saturated heterocycles. The average molecular weight is 468 g/mol. The number of hydrogen-bond acceptors (Lipinski definition) is 7. The van der Waals surface area contributed by atoms with Crippen molar-refractivity contribution >= 4 is 33.7 Å². The summed E-state index contributed by atoms with van der Waals surface area (Å²) in [5.74, 6) is 0.683. The van der Waals surface area contributed by atoms with Gasteiger partial charge in [-0.15, -0.1) is 10.2 Å². The molecule has 29 heavy (non-hydrogen) atoms. The number of nitrogens with zero attached hydrogens (tertiary/aromatic N) is 5. The van der Waals surface area contributed by atoms with Crippen LogP contribution < -0.4 is 4.74 Å². The van der Waals surface area contributed by atoms with Crippen LogP contribution >= 0.6 is 27.7 Å². The molecule has 0 amide bonds. The Morgan fingerprint density at radius 3 is 2.62 bits per heavy atom. The first-order chi connectivity index (χ1) is 14.2. The third-order valence-corrected chi connectivity index (χ3v) is 5.33. The summed E-state index contributed by atoms with van der Waals surface area (Å²) in [6.07, 6.45) is 5.04. The molecule has 4 rings (SSSR count). The van der Waals surface area contributed by atoms with Crippen molar-refractivity contribution < 1.29 is 9.53 Å². The number of ether oxygens (including phenoxy) is 1. The lowest BCUT2D eigenvalue weighted by atomic mass is 10.2. The fourth-order valence-electron chi connectivity index (χ4n) is 2.58. The minimum absolute atomic E-state index is 0.0688. The maximum absolute atomic E-state index is 12.3. The first kappa shape index (κ1) is 19.3. The molecule has 0 aliphatic heterocycles. The predicted octanol–water partition coefficient (Wildman–Crippen LogP) is 4.18. The van der Waals surface area contributed by atoms with Crippen molar-refractivity contribution in [3.8, 4) is 22.8 Å². The summed E-state index contributed by atoms with van der Waals surface area (Å²) in [5, 5.41) is 9.19. The minimum Gasteiger partial charge on any atom is -0.423 e. The van der Waals surface area contributed by atoms with Crippen molar-refractivity contribution in [2.45, 2.75) is 5.16 Å². The van der Waals surface area contributed by atoms with Gasteiger partial charge in [0, 0.05) is 29.8 Å². The van der Waals surface area contributed by atoms with Crippen LogP contribution in [-0.2, 0) is 4.79 Å². The number of hydrogen-bond donors (Lipinski definition) is 0. The Balaban J connectivity index is 1.58. The molecule has 0 fully saturated rings. The van der Waals surface area contributed by atoms with E-state index in [1.807, 2.05) is 47.0 Å². The van der Waals surface area contributed by atoms with Gasteiger partial charge < -0.3 is 4.74 Å². The highest BCUT2D eigenvalue weighted by Gasteiger charge is 2.18. The molecule has 3 aromatic heterocycles. The third kappa shape index (κ3) is 4.52. The SMILES string of the molecule is O=C(CSc1nnc(-c2cccnc2)n1-c1ccccc1)Oc1cccnc1Br. The molecule has 0 N–H and O–H groups in total. The average Bonchev–Trinajstić information content (AvgIpc) is 3.19. The Labute approximate surface area is 179 Å². The number of carbonyl (C=O) groups excluding carboxylic acids is 1. The quantitative estimate of drug-likeness (QED) is 0.239. The van der Waals surface area contributed by atoms with Gasteiger partial charge in [0.2, 0.25) is 0 Å². The fraction of sp³-hybridized carbons (Fsp3) is 0.0500. The molecule has 3 heterocycles. The third-order valence-electron chi connectivity index (χ3n) is 3.84. The Morgan fingerprint density at radius 2 is 1.86 bits per heavy atom. The molecular weight excluding hydrogens is 454 g/mol. The second-order valence-electron chi connectivity index (χ2n) is 5.77. The van der Waals surface area contributed by atoms with E-state index in [9.17, 15) is 4.79 Å². The highest BCUT2D eigenvalue weighted by atomic mass is 79.9. The molecule has 0 saturated carbocycles. The van der Waals surface area contributed by atoms with E-state index in [4.69, 9.17) is 4.74 Å². The summed E-state index contributed by atoms with van der Waals surface area (Å²) in [5.41, 5.74) is 1.72. The van der Waals surface area contributed by atoms with E-state index in [0.717, 1.165) is 11.3 Å². The largest absolute Gasteiger partial charge is 0.423 e. The standard InChI is InChI=1S/C20H14BrN5O2S/c21-18-16(9-5-11-23-18)28-17(27)13-29-20-25-24-19(14-6-4-10-22-12-14)26(20)15-7-2-1-3-8-15/h1-12H,13H2. The Morgan fingerprint density at radius 1 is 1.03 bits per heavy atom. The van der Waals surface area contributed by atoms with Gasteiger partial charge in [0.05, 0.1) is 5.75 Å². The number of para-hydroxylation sites is 1. The van der Waals surface area contributed by atoms with Crippen molar-refractivity contribution in [3.63, 3.8) is 0 Å². The van der Waals surface area contributed by atoms with Crippen molar-refractivity contribution in [2.24, 2.45) is 0 Å². The van der Waals surface area contributed by atoms with Gasteiger partial charge in [0.15, 0.2) is 16.7 Å². The second kappa shape index (κ2) is 8.97. The summed E-state index contributed by atoms with van der Waals surface area (Å²) < 4.78 is 7.74. The van der Waals surface area contributed by atoms with E-state index in [1.165, 1.54) is 11.8 Å². The molecule has 144 valence electrons. The van der Waals surface area contributed by atoms with Gasteiger partial charge in [0.1, 0.15) is 4.60 Å². The van der Waals surface area contributed by atoms with Crippen LogP contribution in [0.1, 0.15) is 0 Å². The Hall–Kier alpha value is -3.04. The van der Waals surface area contributed by atoms with Gasteiger partial charge in [-0.3, -0.25) is 14.3 Å². The molecule has 0 radical (unpaired) electrons. The Kier molecular flexibility index (Phi) is 5.97. The first-order valence-corrected chi connectivity index (χ1v) is 10.4. The molecule has 9 heteroatoms. The molecule has 4 aromatic rings. The number of thioether (sulfide) groups is 1. The zero-order valence-electron chi connectivity index (χ0n) is 15.0. The van der Waals surface area contributed by atoms with Crippen molar-refractivity contribution in [3.05, 3.63) is 77.8 Å². The summed E-state index contributed by atoms with van der Waals surface area (Å²) in [4.78, 5) is 20.5. The van der Waals surface area contributed by atoms with Crippen molar-refractivity contribution in [2.75, 3.05) is 5.75 Å². The maximum atomic E-state index is 12.3. The maximum Gasteiger partial charge on any atom is 0.321 e. The first-order valence-electron chi connectivity index (χ1n) is 8.57. The number of carbonyl (C=O) groups is 1. The van der Waals surface area contributed by atoms with Gasteiger partial charge in [-0.05, 0) is 52.3 Å². The lowest BCUT2D eigenvalue weighted by Gasteiger charge is -2.10. The van der Waals surface area contributed by atoms with E-state index < -0.39 is 5.97 Å². The van der Waals surface area contributed by atoms with Crippen LogP contribution in [0.25, 0.3) is 17.1 Å².